The van der Waals surface area contributed by atoms with Crippen LogP contribution in [0.2, 0.25) is 0 Å². The number of nitrogens with zero attached hydrogens (tertiary/aromatic N) is 2. The third-order valence-corrected chi connectivity index (χ3v) is 1.98. The zero-order chi connectivity index (χ0) is 11.4. The van der Waals surface area contributed by atoms with E-state index in [0.29, 0.717) is 22.9 Å². The number of ether oxygens (including phenoxy) is 1. The summed E-state index contributed by atoms with van der Waals surface area (Å²) >= 11 is 0. The van der Waals surface area contributed by atoms with Gasteiger partial charge in [-0.15, -0.1) is 0 Å². The number of anilines is 1. The summed E-state index contributed by atoms with van der Waals surface area (Å²) in [4.78, 5) is 3.91. The van der Waals surface area contributed by atoms with E-state index in [1.54, 1.807) is 42.6 Å². The number of hydrogen-bond donors (Lipinski definition) is 1. The Bertz CT molecular complexity index is 511. The molecule has 0 spiro atoms. The molecule has 2 aromatic rings. The van der Waals surface area contributed by atoms with Crippen LogP contribution in [0.25, 0.3) is 0 Å². The van der Waals surface area contributed by atoms with Crippen LogP contribution in [0.5, 0.6) is 11.5 Å². The van der Waals surface area contributed by atoms with E-state index < -0.39 is 0 Å². The third kappa shape index (κ3) is 2.28. The summed E-state index contributed by atoms with van der Waals surface area (Å²) in [5, 5.41) is 8.63. The molecule has 0 saturated heterocycles. The molecule has 0 aliphatic rings. The molecule has 1 aromatic carbocycles. The summed E-state index contributed by atoms with van der Waals surface area (Å²) in [6.45, 7) is 0. The van der Waals surface area contributed by atoms with Gasteiger partial charge in [-0.05, 0) is 36.4 Å². The van der Waals surface area contributed by atoms with Gasteiger partial charge < -0.3 is 10.5 Å². The van der Waals surface area contributed by atoms with Gasteiger partial charge in [0.05, 0.1) is 17.8 Å². The summed E-state index contributed by atoms with van der Waals surface area (Å²) in [5.41, 5.74) is 6.06. The number of pyridine rings is 1. The van der Waals surface area contributed by atoms with E-state index in [1.165, 1.54) is 0 Å². The molecule has 0 atom stereocenters. The van der Waals surface area contributed by atoms with Crippen LogP contribution in [-0.4, -0.2) is 4.98 Å². The fourth-order valence-corrected chi connectivity index (χ4v) is 1.19. The number of aromatic nitrogens is 1. The lowest BCUT2D eigenvalue weighted by atomic mass is 10.2. The predicted octanol–water partition coefficient (Wildman–Crippen LogP) is 2.33. The number of nitrogens with two attached hydrogens (primary N) is 1. The van der Waals surface area contributed by atoms with Crippen molar-refractivity contribution in [3.8, 4) is 17.6 Å². The summed E-state index contributed by atoms with van der Waals surface area (Å²) in [5.74, 6) is 1.72. The molecule has 0 amide bonds. The molecule has 16 heavy (non-hydrogen) atoms. The molecular weight excluding hydrogens is 202 g/mol. The Balaban J connectivity index is 2.15. The average molecular weight is 211 g/mol. The van der Waals surface area contributed by atoms with Crippen LogP contribution in [0.15, 0.2) is 42.6 Å². The van der Waals surface area contributed by atoms with Crippen LogP contribution < -0.4 is 10.5 Å². The molecule has 1 aromatic heterocycles. The highest BCUT2D eigenvalue weighted by molar-refractivity contribution is 5.38. The maximum atomic E-state index is 8.63. The normalized spacial score (nSPS) is 9.44. The summed E-state index contributed by atoms with van der Waals surface area (Å²) in [6.07, 6.45) is 1.55. The molecule has 0 radical (unpaired) electrons. The van der Waals surface area contributed by atoms with E-state index in [1.807, 2.05) is 6.07 Å². The van der Waals surface area contributed by atoms with Gasteiger partial charge >= 0.3 is 0 Å². The van der Waals surface area contributed by atoms with Crippen molar-refractivity contribution >= 4 is 5.82 Å². The summed E-state index contributed by atoms with van der Waals surface area (Å²) in [7, 11) is 0. The van der Waals surface area contributed by atoms with Crippen molar-refractivity contribution in [2.24, 2.45) is 0 Å². The molecule has 4 nitrogen and oxygen atoms in total. The Morgan fingerprint density at radius 1 is 1.06 bits per heavy atom. The first kappa shape index (κ1) is 9.99. The molecule has 0 fully saturated rings. The smallest absolute Gasteiger partial charge is 0.145 e. The van der Waals surface area contributed by atoms with Gasteiger partial charge in [0.2, 0.25) is 0 Å². The van der Waals surface area contributed by atoms with Gasteiger partial charge in [-0.2, -0.15) is 5.26 Å². The lowest BCUT2D eigenvalue weighted by molar-refractivity contribution is 0.480. The van der Waals surface area contributed by atoms with Crippen molar-refractivity contribution < 1.29 is 4.74 Å². The second-order valence-corrected chi connectivity index (χ2v) is 3.16. The van der Waals surface area contributed by atoms with E-state index >= 15 is 0 Å². The van der Waals surface area contributed by atoms with Crippen molar-refractivity contribution in [2.45, 2.75) is 0 Å². The molecule has 2 rings (SSSR count). The quantitative estimate of drug-likeness (QED) is 0.827. The highest BCUT2D eigenvalue weighted by Gasteiger charge is 1.97. The molecule has 4 heteroatoms. The number of rotatable bonds is 2. The monoisotopic (exact) mass is 211 g/mol. The lowest BCUT2D eigenvalue weighted by Crippen LogP contribution is -1.90. The molecule has 0 bridgehead atoms. The van der Waals surface area contributed by atoms with Crippen LogP contribution in [0, 0.1) is 11.3 Å². The minimum absolute atomic E-state index is 0.451. The largest absolute Gasteiger partial charge is 0.456 e. The van der Waals surface area contributed by atoms with E-state index in [9.17, 15) is 0 Å². The molecule has 0 aliphatic heterocycles. The minimum atomic E-state index is 0.451. The predicted molar refractivity (Wildman–Crippen MR) is 59.9 cm³/mol. The summed E-state index contributed by atoms with van der Waals surface area (Å²) < 4.78 is 5.51. The van der Waals surface area contributed by atoms with Crippen LogP contribution >= 0.6 is 0 Å². The van der Waals surface area contributed by atoms with Crippen molar-refractivity contribution in [3.05, 3.63) is 48.2 Å². The van der Waals surface area contributed by atoms with Crippen molar-refractivity contribution in [3.63, 3.8) is 0 Å². The molecule has 0 aliphatic carbocycles. The van der Waals surface area contributed by atoms with E-state index in [0.717, 1.165) is 0 Å². The molecule has 78 valence electrons. The zero-order valence-corrected chi connectivity index (χ0v) is 8.42. The summed E-state index contributed by atoms with van der Waals surface area (Å²) in [6, 6.07) is 12.3. The Morgan fingerprint density at radius 3 is 2.31 bits per heavy atom. The van der Waals surface area contributed by atoms with Gasteiger partial charge in [0, 0.05) is 0 Å². The zero-order valence-electron chi connectivity index (χ0n) is 8.42. The molecular formula is C12H9N3O. The molecule has 2 N–H and O–H groups in total. The second-order valence-electron chi connectivity index (χ2n) is 3.16. The average Bonchev–Trinajstić information content (AvgIpc) is 2.33. The maximum Gasteiger partial charge on any atom is 0.145 e. The van der Waals surface area contributed by atoms with Gasteiger partial charge in [-0.1, -0.05) is 0 Å². The fraction of sp³-hybridized carbons (Fsp3) is 0. The van der Waals surface area contributed by atoms with E-state index in [4.69, 9.17) is 15.7 Å². The SMILES string of the molecule is N#Cc1ccc(Oc2ccc(N)nc2)cc1. The topological polar surface area (TPSA) is 71.9 Å². The first-order valence-electron chi connectivity index (χ1n) is 4.67. The van der Waals surface area contributed by atoms with Gasteiger partial charge in [0.15, 0.2) is 0 Å². The Labute approximate surface area is 92.9 Å². The first-order chi connectivity index (χ1) is 7.78. The van der Waals surface area contributed by atoms with Crippen molar-refractivity contribution in [1.82, 2.24) is 4.98 Å². The van der Waals surface area contributed by atoms with Crippen LogP contribution in [0.4, 0.5) is 5.82 Å². The number of nitriles is 1. The minimum Gasteiger partial charge on any atom is -0.456 e. The standard InChI is InChI=1S/C12H9N3O/c13-7-9-1-3-10(4-2-9)16-11-5-6-12(14)15-8-11/h1-6,8H,(H2,14,15). The molecule has 0 unspecified atom stereocenters. The van der Waals surface area contributed by atoms with Gasteiger partial charge in [-0.3, -0.25) is 0 Å². The Kier molecular flexibility index (Phi) is 2.70. The maximum absolute atomic E-state index is 8.63. The molecule has 0 saturated carbocycles. The van der Waals surface area contributed by atoms with E-state index in [-0.39, 0.29) is 0 Å². The van der Waals surface area contributed by atoms with Crippen molar-refractivity contribution in [2.75, 3.05) is 5.73 Å². The van der Waals surface area contributed by atoms with Crippen LogP contribution in [0.1, 0.15) is 5.56 Å². The van der Waals surface area contributed by atoms with Gasteiger partial charge in [-0.25, -0.2) is 4.98 Å². The first-order valence-corrected chi connectivity index (χ1v) is 4.67. The second kappa shape index (κ2) is 4.32. The Morgan fingerprint density at radius 2 is 1.75 bits per heavy atom. The molecule has 1 heterocycles. The Hall–Kier alpha value is -2.54. The van der Waals surface area contributed by atoms with E-state index in [2.05, 4.69) is 4.98 Å². The van der Waals surface area contributed by atoms with Crippen LogP contribution in [0.3, 0.4) is 0 Å². The number of hydrogen-bond acceptors (Lipinski definition) is 4. The highest BCUT2D eigenvalue weighted by atomic mass is 16.5. The van der Waals surface area contributed by atoms with Crippen LogP contribution in [-0.2, 0) is 0 Å². The highest BCUT2D eigenvalue weighted by Crippen LogP contribution is 2.20. The van der Waals surface area contributed by atoms with Crippen molar-refractivity contribution in [1.29, 1.82) is 5.26 Å². The van der Waals surface area contributed by atoms with Gasteiger partial charge in [0.1, 0.15) is 17.3 Å². The fourth-order valence-electron chi connectivity index (χ4n) is 1.19. The lowest BCUT2D eigenvalue weighted by Gasteiger charge is -2.04. The third-order valence-electron chi connectivity index (χ3n) is 1.98. The number of benzene rings is 1. The number of nitrogen functional groups attached to an aromatic ring is 1. The van der Waals surface area contributed by atoms with Gasteiger partial charge in [0.25, 0.3) is 0 Å².